The average molecular weight is 562 g/mol. The number of alkyl halides is 2. The van der Waals surface area contributed by atoms with E-state index in [0.717, 1.165) is 12.3 Å². The Bertz CT molecular complexity index is 1580. The summed E-state index contributed by atoms with van der Waals surface area (Å²) in [5, 5.41) is 0.928. The maximum Gasteiger partial charge on any atom is 0.270 e. The molecular weight excluding hydrogens is 532 g/mol. The summed E-state index contributed by atoms with van der Waals surface area (Å²) in [4.78, 5) is 44.8. The molecular formula is C29H29F2N7O3. The number of rotatable bonds is 6. The van der Waals surface area contributed by atoms with Gasteiger partial charge in [0.2, 0.25) is 17.8 Å². The second-order valence-electron chi connectivity index (χ2n) is 10.2. The Kier molecular flexibility index (Phi) is 7.08. The van der Waals surface area contributed by atoms with Crippen LogP contribution < -0.4 is 9.80 Å². The van der Waals surface area contributed by atoms with Gasteiger partial charge < -0.3 is 24.0 Å². The van der Waals surface area contributed by atoms with Gasteiger partial charge in [0.15, 0.2) is 0 Å². The molecule has 3 aromatic heterocycles. The van der Waals surface area contributed by atoms with E-state index in [1.807, 2.05) is 23.1 Å². The van der Waals surface area contributed by atoms with Crippen molar-refractivity contribution >= 4 is 34.5 Å². The molecule has 10 nitrogen and oxygen atoms in total. The SMILES string of the molecule is CC(F)(F)c1ccc(N2CCN(C(=O)Cn3ccc4cccnc43)CC2=O)c(-c2cnc(N3CCOCC3)nc2)c1. The minimum Gasteiger partial charge on any atom is -0.378 e. The second kappa shape index (κ2) is 10.8. The molecule has 2 fully saturated rings. The highest BCUT2D eigenvalue weighted by atomic mass is 19.3. The van der Waals surface area contributed by atoms with Crippen LogP contribution >= 0.6 is 0 Å². The summed E-state index contributed by atoms with van der Waals surface area (Å²) in [6.07, 6.45) is 6.66. The molecule has 0 radical (unpaired) electrons. The highest BCUT2D eigenvalue weighted by Gasteiger charge is 2.32. The quantitative estimate of drug-likeness (QED) is 0.356. The molecule has 2 aliphatic rings. The number of nitrogens with zero attached hydrogens (tertiary/aromatic N) is 7. The van der Waals surface area contributed by atoms with Crippen molar-refractivity contribution in [3.63, 3.8) is 0 Å². The number of amides is 2. The lowest BCUT2D eigenvalue weighted by Crippen LogP contribution is -2.53. The van der Waals surface area contributed by atoms with Gasteiger partial charge in [0.1, 0.15) is 18.7 Å². The summed E-state index contributed by atoms with van der Waals surface area (Å²) in [5.41, 5.74) is 1.93. The van der Waals surface area contributed by atoms with E-state index in [1.165, 1.54) is 23.1 Å². The van der Waals surface area contributed by atoms with Crippen LogP contribution in [0.1, 0.15) is 12.5 Å². The number of anilines is 2. The fourth-order valence-corrected chi connectivity index (χ4v) is 5.20. The molecule has 0 saturated carbocycles. The monoisotopic (exact) mass is 561 g/mol. The number of morpholine rings is 1. The van der Waals surface area contributed by atoms with Crippen molar-refractivity contribution in [2.75, 3.05) is 55.7 Å². The number of aromatic nitrogens is 4. The topological polar surface area (TPSA) is 96.7 Å². The number of carbonyl (C=O) groups excluding carboxylic acids is 2. The van der Waals surface area contributed by atoms with Gasteiger partial charge in [0.25, 0.3) is 5.92 Å². The van der Waals surface area contributed by atoms with Crippen molar-refractivity contribution in [2.24, 2.45) is 0 Å². The summed E-state index contributed by atoms with van der Waals surface area (Å²) in [6, 6.07) is 9.89. The van der Waals surface area contributed by atoms with Crippen LogP contribution in [0, 0.1) is 0 Å². The number of carbonyl (C=O) groups is 2. The van der Waals surface area contributed by atoms with Gasteiger partial charge in [-0.05, 0) is 30.3 Å². The van der Waals surface area contributed by atoms with Gasteiger partial charge >= 0.3 is 0 Å². The first kappa shape index (κ1) is 26.8. The first-order chi connectivity index (χ1) is 19.8. The molecule has 0 bridgehead atoms. The maximum absolute atomic E-state index is 14.3. The molecule has 1 aromatic carbocycles. The van der Waals surface area contributed by atoms with Crippen molar-refractivity contribution in [3.8, 4) is 11.1 Å². The lowest BCUT2D eigenvalue weighted by molar-refractivity contribution is -0.137. The third-order valence-corrected chi connectivity index (χ3v) is 7.44. The van der Waals surface area contributed by atoms with Crippen molar-refractivity contribution in [2.45, 2.75) is 19.4 Å². The van der Waals surface area contributed by atoms with Crippen molar-refractivity contribution in [1.82, 2.24) is 24.4 Å². The Morgan fingerprint density at radius 1 is 1.02 bits per heavy atom. The zero-order valence-corrected chi connectivity index (χ0v) is 22.5. The lowest BCUT2D eigenvalue weighted by atomic mass is 9.99. The number of ether oxygens (including phenoxy) is 1. The van der Waals surface area contributed by atoms with Crippen LogP contribution in [0.4, 0.5) is 20.4 Å². The van der Waals surface area contributed by atoms with E-state index >= 15 is 0 Å². The minimum atomic E-state index is -3.07. The van der Waals surface area contributed by atoms with Gasteiger partial charge in [-0.2, -0.15) is 0 Å². The van der Waals surface area contributed by atoms with Gasteiger partial charge in [-0.25, -0.2) is 23.7 Å². The fourth-order valence-electron chi connectivity index (χ4n) is 5.20. The summed E-state index contributed by atoms with van der Waals surface area (Å²) < 4.78 is 35.8. The van der Waals surface area contributed by atoms with Crippen molar-refractivity contribution in [1.29, 1.82) is 0 Å². The molecule has 2 aliphatic heterocycles. The molecule has 41 heavy (non-hydrogen) atoms. The molecule has 0 atom stereocenters. The standard InChI is InChI=1S/C29H29F2N7O3/c1-29(30,31)22-4-5-24(23(15-22)21-16-33-28(34-17-21)35-11-13-41-14-12-35)38-10-9-36(19-26(38)40)25(39)18-37-8-6-20-3-2-7-32-27(20)37/h2-8,15-17H,9-14,18-19H2,1H3. The second-order valence-corrected chi connectivity index (χ2v) is 10.2. The predicted molar refractivity (Wildman–Crippen MR) is 149 cm³/mol. The number of piperazine rings is 1. The third kappa shape index (κ3) is 5.47. The number of halogens is 2. The molecule has 12 heteroatoms. The molecule has 2 saturated heterocycles. The van der Waals surface area contributed by atoms with E-state index < -0.39 is 5.92 Å². The minimum absolute atomic E-state index is 0.0617. The van der Waals surface area contributed by atoms with E-state index in [9.17, 15) is 18.4 Å². The predicted octanol–water partition coefficient (Wildman–Crippen LogP) is 3.32. The van der Waals surface area contributed by atoms with Gasteiger partial charge in [0.05, 0.1) is 18.9 Å². The molecule has 2 amide bonds. The highest BCUT2D eigenvalue weighted by molar-refractivity contribution is 6.01. The van der Waals surface area contributed by atoms with Crippen LogP contribution in [0.25, 0.3) is 22.2 Å². The Morgan fingerprint density at radius 2 is 1.80 bits per heavy atom. The van der Waals surface area contributed by atoms with Crippen LogP contribution in [0.2, 0.25) is 0 Å². The normalized spacial score (nSPS) is 16.5. The van der Waals surface area contributed by atoms with Crippen LogP contribution in [0.3, 0.4) is 0 Å². The van der Waals surface area contributed by atoms with Crippen molar-refractivity contribution < 1.29 is 23.1 Å². The first-order valence-corrected chi connectivity index (χ1v) is 13.4. The maximum atomic E-state index is 14.3. The molecule has 0 aliphatic carbocycles. The van der Waals surface area contributed by atoms with Crippen LogP contribution in [-0.2, 0) is 26.8 Å². The Balaban J connectivity index is 1.23. The third-order valence-electron chi connectivity index (χ3n) is 7.44. The molecule has 6 rings (SSSR count). The number of hydrogen-bond acceptors (Lipinski definition) is 7. The average Bonchev–Trinajstić information content (AvgIpc) is 3.39. The zero-order valence-electron chi connectivity index (χ0n) is 22.5. The highest BCUT2D eigenvalue weighted by Crippen LogP contribution is 2.37. The van der Waals surface area contributed by atoms with Crippen molar-refractivity contribution in [3.05, 3.63) is 66.7 Å². The Labute approximate surface area is 235 Å². The number of benzene rings is 1. The Morgan fingerprint density at radius 3 is 2.54 bits per heavy atom. The van der Waals surface area contributed by atoms with E-state index in [1.54, 1.807) is 34.3 Å². The number of pyridine rings is 1. The van der Waals surface area contributed by atoms with E-state index in [4.69, 9.17) is 4.74 Å². The largest absolute Gasteiger partial charge is 0.378 e. The summed E-state index contributed by atoms with van der Waals surface area (Å²) in [5.74, 6) is -3.05. The smallest absolute Gasteiger partial charge is 0.270 e. The van der Waals surface area contributed by atoms with Crippen LogP contribution in [0.5, 0.6) is 0 Å². The molecule has 0 spiro atoms. The summed E-state index contributed by atoms with van der Waals surface area (Å²) >= 11 is 0. The van der Waals surface area contributed by atoms with E-state index in [-0.39, 0.29) is 37.0 Å². The van der Waals surface area contributed by atoms with E-state index in [0.29, 0.717) is 61.3 Å². The van der Waals surface area contributed by atoms with Gasteiger partial charge in [-0.1, -0.05) is 6.07 Å². The van der Waals surface area contributed by atoms with Gasteiger partial charge in [0, 0.05) is 80.0 Å². The Hall–Kier alpha value is -4.45. The molecule has 212 valence electrons. The fraction of sp³-hybridized carbons (Fsp3) is 0.345. The molecule has 4 aromatic rings. The zero-order chi connectivity index (χ0) is 28.6. The number of fused-ring (bicyclic) bond motifs is 1. The first-order valence-electron chi connectivity index (χ1n) is 13.4. The number of hydrogen-bond donors (Lipinski definition) is 0. The lowest BCUT2D eigenvalue weighted by Gasteiger charge is -2.35. The molecule has 0 N–H and O–H groups in total. The summed E-state index contributed by atoms with van der Waals surface area (Å²) in [6.45, 7) is 3.79. The van der Waals surface area contributed by atoms with Gasteiger partial charge in [-0.3, -0.25) is 9.59 Å². The van der Waals surface area contributed by atoms with Crippen LogP contribution in [0.15, 0.2) is 61.2 Å². The molecule has 5 heterocycles. The van der Waals surface area contributed by atoms with E-state index in [2.05, 4.69) is 15.0 Å². The summed E-state index contributed by atoms with van der Waals surface area (Å²) in [7, 11) is 0. The van der Waals surface area contributed by atoms with Gasteiger partial charge in [-0.15, -0.1) is 0 Å². The van der Waals surface area contributed by atoms with Crippen LogP contribution in [-0.4, -0.2) is 82.2 Å². The molecule has 0 unspecified atom stereocenters.